The zero-order valence-electron chi connectivity index (χ0n) is 15.8. The van der Waals surface area contributed by atoms with Crippen LogP contribution in [0.15, 0.2) is 59.1 Å². The molecule has 1 aromatic heterocycles. The van der Waals surface area contributed by atoms with E-state index >= 15 is 0 Å². The number of carboxylic acids is 1. The Bertz CT molecular complexity index is 938. The molecule has 2 aromatic carbocycles. The third-order valence-electron chi connectivity index (χ3n) is 4.45. The minimum Gasteiger partial charge on any atom is -0.489 e. The molecule has 28 heavy (non-hydrogen) atoms. The van der Waals surface area contributed by atoms with Gasteiger partial charge in [-0.2, -0.15) is 5.10 Å². The van der Waals surface area contributed by atoms with E-state index in [4.69, 9.17) is 4.74 Å². The zero-order valence-corrected chi connectivity index (χ0v) is 17.4. The van der Waals surface area contributed by atoms with Gasteiger partial charge in [-0.25, -0.2) is 4.79 Å². The van der Waals surface area contributed by atoms with Crippen LogP contribution in [0.2, 0.25) is 0 Å². The molecule has 0 bridgehead atoms. The molecule has 1 heterocycles. The topological polar surface area (TPSA) is 64.3 Å². The van der Waals surface area contributed by atoms with Gasteiger partial charge in [-0.1, -0.05) is 59.6 Å². The minimum absolute atomic E-state index is 0.0767. The van der Waals surface area contributed by atoms with E-state index in [2.05, 4.69) is 28.0 Å². The van der Waals surface area contributed by atoms with E-state index in [-0.39, 0.29) is 5.69 Å². The van der Waals surface area contributed by atoms with Gasteiger partial charge in [-0.3, -0.25) is 4.68 Å². The van der Waals surface area contributed by atoms with Gasteiger partial charge < -0.3 is 9.84 Å². The molecule has 0 amide bonds. The predicted octanol–water partition coefficient (Wildman–Crippen LogP) is 5.31. The van der Waals surface area contributed by atoms with Crippen molar-refractivity contribution in [3.8, 4) is 5.75 Å². The lowest BCUT2D eigenvalue weighted by molar-refractivity contribution is 0.0689. The number of ether oxygens (including phenoxy) is 1. The average Bonchev–Trinajstić information content (AvgIpc) is 3.09. The first-order valence-corrected chi connectivity index (χ1v) is 10.1. The number of aromatic carboxylic acids is 1. The lowest BCUT2D eigenvalue weighted by Crippen LogP contribution is -2.09. The molecule has 3 rings (SSSR count). The monoisotopic (exact) mass is 442 g/mol. The normalized spacial score (nSPS) is 10.8. The molecule has 0 aliphatic carbocycles. The van der Waals surface area contributed by atoms with Crippen LogP contribution in [0.4, 0.5) is 0 Å². The Hall–Kier alpha value is -2.60. The summed E-state index contributed by atoms with van der Waals surface area (Å²) in [5, 5.41) is 13.6. The lowest BCUT2D eigenvalue weighted by Gasteiger charge is -2.14. The number of rotatable bonds is 9. The fraction of sp³-hybridized carbons (Fsp3) is 0.273. The first kappa shape index (κ1) is 20.1. The average molecular weight is 443 g/mol. The van der Waals surface area contributed by atoms with Gasteiger partial charge in [0, 0.05) is 15.7 Å². The van der Waals surface area contributed by atoms with Gasteiger partial charge in [0.2, 0.25) is 0 Å². The number of carboxylic acid groups (broad SMARTS) is 1. The summed E-state index contributed by atoms with van der Waals surface area (Å²) in [4.78, 5) is 11.4. The maximum absolute atomic E-state index is 11.4. The van der Waals surface area contributed by atoms with E-state index in [0.29, 0.717) is 13.2 Å². The first-order valence-electron chi connectivity index (χ1n) is 9.32. The smallest absolute Gasteiger partial charge is 0.356 e. The van der Waals surface area contributed by atoms with Crippen LogP contribution in [0.3, 0.4) is 0 Å². The minimum atomic E-state index is -1.01. The van der Waals surface area contributed by atoms with Crippen molar-refractivity contribution in [3.63, 3.8) is 0 Å². The van der Waals surface area contributed by atoms with Gasteiger partial charge in [-0.05, 0) is 42.7 Å². The molecule has 6 heteroatoms. The summed E-state index contributed by atoms with van der Waals surface area (Å²) in [6, 6.07) is 17.5. The standard InChI is InChI=1S/C22H23BrN2O3/c1-2-3-9-19-13-20(22(26)27)24-25(19)14-17-12-18(23)10-11-21(17)28-15-16-7-5-4-6-8-16/h4-8,10-13H,2-3,9,14-15H2,1H3,(H,26,27). The summed E-state index contributed by atoms with van der Waals surface area (Å²) in [7, 11) is 0. The van der Waals surface area contributed by atoms with Crippen LogP contribution in [0.5, 0.6) is 5.75 Å². The van der Waals surface area contributed by atoms with Gasteiger partial charge in [0.25, 0.3) is 0 Å². The van der Waals surface area contributed by atoms with Gasteiger partial charge >= 0.3 is 5.97 Å². The lowest BCUT2D eigenvalue weighted by atomic mass is 10.1. The number of carbonyl (C=O) groups is 1. The van der Waals surface area contributed by atoms with Crippen molar-refractivity contribution in [3.05, 3.63) is 81.6 Å². The van der Waals surface area contributed by atoms with Gasteiger partial charge in [0.15, 0.2) is 5.69 Å². The highest BCUT2D eigenvalue weighted by atomic mass is 79.9. The highest BCUT2D eigenvalue weighted by Crippen LogP contribution is 2.26. The molecule has 0 aliphatic rings. The molecular weight excluding hydrogens is 420 g/mol. The Morgan fingerprint density at radius 3 is 2.68 bits per heavy atom. The van der Waals surface area contributed by atoms with Crippen LogP contribution in [-0.4, -0.2) is 20.9 Å². The van der Waals surface area contributed by atoms with Crippen molar-refractivity contribution < 1.29 is 14.6 Å². The van der Waals surface area contributed by atoms with E-state index in [1.807, 2.05) is 48.5 Å². The van der Waals surface area contributed by atoms with Crippen molar-refractivity contribution in [2.45, 2.75) is 39.3 Å². The fourth-order valence-electron chi connectivity index (χ4n) is 2.97. The molecule has 1 N–H and O–H groups in total. The van der Waals surface area contributed by atoms with Gasteiger partial charge in [0.1, 0.15) is 12.4 Å². The quantitative estimate of drug-likeness (QED) is 0.487. The Labute approximate surface area is 173 Å². The molecule has 0 saturated heterocycles. The predicted molar refractivity (Wildman–Crippen MR) is 112 cm³/mol. The van der Waals surface area contributed by atoms with Crippen LogP contribution in [-0.2, 0) is 19.6 Å². The number of benzene rings is 2. The highest BCUT2D eigenvalue weighted by molar-refractivity contribution is 9.10. The third-order valence-corrected chi connectivity index (χ3v) is 4.94. The maximum Gasteiger partial charge on any atom is 0.356 e. The van der Waals surface area contributed by atoms with Gasteiger partial charge in [-0.15, -0.1) is 0 Å². The van der Waals surface area contributed by atoms with Crippen LogP contribution in [0.25, 0.3) is 0 Å². The van der Waals surface area contributed by atoms with E-state index < -0.39 is 5.97 Å². The number of aromatic nitrogens is 2. The highest BCUT2D eigenvalue weighted by Gasteiger charge is 2.15. The number of halogens is 1. The third kappa shape index (κ3) is 5.23. The Balaban J connectivity index is 1.85. The summed E-state index contributed by atoms with van der Waals surface area (Å²) in [6.45, 7) is 3.04. The number of unbranched alkanes of at least 4 members (excludes halogenated alkanes) is 1. The maximum atomic E-state index is 11.4. The summed E-state index contributed by atoms with van der Waals surface area (Å²) >= 11 is 3.52. The van der Waals surface area contributed by atoms with Crippen molar-refractivity contribution >= 4 is 21.9 Å². The second-order valence-corrected chi connectivity index (χ2v) is 7.53. The first-order chi connectivity index (χ1) is 13.6. The molecule has 146 valence electrons. The Kier molecular flexibility index (Phi) is 6.87. The molecule has 0 fully saturated rings. The van der Waals surface area contributed by atoms with Gasteiger partial charge in [0.05, 0.1) is 6.54 Å². The summed E-state index contributed by atoms with van der Waals surface area (Å²) in [6.07, 6.45) is 2.82. The molecular formula is C22H23BrN2O3. The summed E-state index contributed by atoms with van der Waals surface area (Å²) in [5.41, 5.74) is 3.04. The molecule has 0 unspecified atom stereocenters. The van der Waals surface area contributed by atoms with Crippen molar-refractivity contribution in [1.29, 1.82) is 0 Å². The molecule has 3 aromatic rings. The number of aryl methyl sites for hydroxylation is 1. The van der Waals surface area contributed by atoms with Crippen molar-refractivity contribution in [2.75, 3.05) is 0 Å². The summed E-state index contributed by atoms with van der Waals surface area (Å²) in [5.74, 6) is -0.243. The fourth-order valence-corrected chi connectivity index (χ4v) is 3.37. The molecule has 0 spiro atoms. The van der Waals surface area contributed by atoms with Crippen LogP contribution >= 0.6 is 15.9 Å². The molecule has 5 nitrogen and oxygen atoms in total. The second kappa shape index (κ2) is 9.55. The van der Waals surface area contributed by atoms with Crippen molar-refractivity contribution in [2.24, 2.45) is 0 Å². The molecule has 0 radical (unpaired) electrons. The van der Waals surface area contributed by atoms with E-state index in [1.54, 1.807) is 10.7 Å². The molecule has 0 aliphatic heterocycles. The van der Waals surface area contributed by atoms with Crippen LogP contribution in [0, 0.1) is 0 Å². The Morgan fingerprint density at radius 1 is 1.18 bits per heavy atom. The summed E-state index contributed by atoms with van der Waals surface area (Å²) < 4.78 is 8.76. The largest absolute Gasteiger partial charge is 0.489 e. The SMILES string of the molecule is CCCCc1cc(C(=O)O)nn1Cc1cc(Br)ccc1OCc1ccccc1. The van der Waals surface area contributed by atoms with Crippen LogP contribution < -0.4 is 4.74 Å². The number of hydrogen-bond acceptors (Lipinski definition) is 3. The number of hydrogen-bond donors (Lipinski definition) is 1. The molecule has 0 saturated carbocycles. The number of nitrogens with zero attached hydrogens (tertiary/aromatic N) is 2. The Morgan fingerprint density at radius 2 is 1.96 bits per heavy atom. The van der Waals surface area contributed by atoms with Crippen LogP contribution in [0.1, 0.15) is 47.1 Å². The second-order valence-electron chi connectivity index (χ2n) is 6.61. The molecule has 0 atom stereocenters. The van der Waals surface area contributed by atoms with Crippen molar-refractivity contribution in [1.82, 2.24) is 9.78 Å². The van der Waals surface area contributed by atoms with E-state index in [0.717, 1.165) is 46.3 Å². The van der Waals surface area contributed by atoms with E-state index in [1.165, 1.54) is 0 Å². The zero-order chi connectivity index (χ0) is 19.9. The van der Waals surface area contributed by atoms with E-state index in [9.17, 15) is 9.90 Å².